The van der Waals surface area contributed by atoms with Gasteiger partial charge in [0.05, 0.1) is 19.8 Å². The Bertz CT molecular complexity index is 517. The number of hydrogen-bond donors (Lipinski definition) is 4. The van der Waals surface area contributed by atoms with Gasteiger partial charge in [0.15, 0.2) is 0 Å². The second-order valence-electron chi connectivity index (χ2n) is 4.55. The molecule has 0 fully saturated rings. The van der Waals surface area contributed by atoms with E-state index in [9.17, 15) is 23.7 Å². The lowest BCUT2D eigenvalue weighted by molar-refractivity contribution is 0.0831. The average Bonchev–Trinajstić information content (AvgIpc) is 2.45. The van der Waals surface area contributed by atoms with E-state index < -0.39 is 35.4 Å². The van der Waals surface area contributed by atoms with Gasteiger partial charge in [0, 0.05) is 20.3 Å². The molecule has 0 atom stereocenters. The summed E-state index contributed by atoms with van der Waals surface area (Å²) in [6, 6.07) is 2.74. The molecule has 0 amide bonds. The van der Waals surface area contributed by atoms with Gasteiger partial charge in [0.1, 0.15) is 16.3 Å². The van der Waals surface area contributed by atoms with E-state index in [0.29, 0.717) is 0 Å². The molecule has 0 aliphatic rings. The maximum Gasteiger partial charge on any atom is 0.244 e. The molecule has 1 rings (SSSR count). The third-order valence-electron chi connectivity index (χ3n) is 2.82. The van der Waals surface area contributed by atoms with Gasteiger partial charge in [-0.3, -0.25) is 0 Å². The molecule has 1 aromatic rings. The van der Waals surface area contributed by atoms with Crippen LogP contribution in [0.15, 0.2) is 23.2 Å². The number of rotatable bonds is 7. The second-order valence-corrected chi connectivity index (χ2v) is 6.70. The minimum absolute atomic E-state index is 0.0237. The van der Waals surface area contributed by atoms with Crippen LogP contribution in [0.2, 0.25) is 0 Å². The molecule has 20 heavy (non-hydrogen) atoms. The van der Waals surface area contributed by atoms with E-state index in [4.69, 9.17) is 0 Å². The van der Waals surface area contributed by atoms with Crippen LogP contribution >= 0.6 is 0 Å². The Hall–Kier alpha value is -1.26. The van der Waals surface area contributed by atoms with E-state index in [-0.39, 0.29) is 10.7 Å². The SMILES string of the molecule is CN(C)S(=O)(=O)c1ccc(NC(CO)(CO)CO)nc1. The van der Waals surface area contributed by atoms with Crippen molar-refractivity contribution in [3.05, 3.63) is 18.3 Å². The zero-order valence-electron chi connectivity index (χ0n) is 11.3. The Labute approximate surface area is 117 Å². The van der Waals surface area contributed by atoms with Gasteiger partial charge < -0.3 is 20.6 Å². The summed E-state index contributed by atoms with van der Waals surface area (Å²) in [5.41, 5.74) is -1.31. The molecule has 0 aliphatic heterocycles. The van der Waals surface area contributed by atoms with Gasteiger partial charge >= 0.3 is 0 Å². The molecule has 114 valence electrons. The number of nitrogens with zero attached hydrogens (tertiary/aromatic N) is 2. The van der Waals surface area contributed by atoms with Crippen molar-refractivity contribution in [3.8, 4) is 0 Å². The van der Waals surface area contributed by atoms with Crippen molar-refractivity contribution in [1.82, 2.24) is 9.29 Å². The normalized spacial score (nSPS) is 12.7. The van der Waals surface area contributed by atoms with Crippen LogP contribution in [0.5, 0.6) is 0 Å². The predicted octanol–water partition coefficient (Wildman–Crippen LogP) is -1.54. The van der Waals surface area contributed by atoms with Gasteiger partial charge in [-0.25, -0.2) is 17.7 Å². The lowest BCUT2D eigenvalue weighted by Gasteiger charge is -2.29. The zero-order chi connectivity index (χ0) is 15.4. The number of anilines is 1. The van der Waals surface area contributed by atoms with Crippen molar-refractivity contribution in [1.29, 1.82) is 0 Å². The average molecular weight is 305 g/mol. The van der Waals surface area contributed by atoms with E-state index in [1.54, 1.807) is 0 Å². The largest absolute Gasteiger partial charge is 0.394 e. The molecular formula is C11H19N3O5S. The zero-order valence-corrected chi connectivity index (χ0v) is 12.1. The lowest BCUT2D eigenvalue weighted by atomic mass is 10.0. The summed E-state index contributed by atoms with van der Waals surface area (Å²) in [5, 5.41) is 30.2. The molecule has 0 saturated heterocycles. The van der Waals surface area contributed by atoms with E-state index in [1.807, 2.05) is 0 Å². The first-order chi connectivity index (χ1) is 9.31. The van der Waals surface area contributed by atoms with E-state index in [2.05, 4.69) is 10.3 Å². The van der Waals surface area contributed by atoms with E-state index >= 15 is 0 Å². The van der Waals surface area contributed by atoms with Crippen molar-refractivity contribution >= 4 is 15.8 Å². The fourth-order valence-corrected chi connectivity index (χ4v) is 2.21. The number of sulfonamides is 1. The van der Waals surface area contributed by atoms with E-state index in [1.165, 1.54) is 26.2 Å². The first kappa shape index (κ1) is 16.8. The summed E-state index contributed by atoms with van der Waals surface area (Å²) in [7, 11) is -0.734. The molecule has 0 aliphatic carbocycles. The third kappa shape index (κ3) is 3.44. The van der Waals surface area contributed by atoms with Crippen molar-refractivity contribution in [2.75, 3.05) is 39.2 Å². The van der Waals surface area contributed by atoms with Crippen LogP contribution in [-0.4, -0.2) is 72.5 Å². The summed E-state index contributed by atoms with van der Waals surface area (Å²) in [4.78, 5) is 3.93. The minimum Gasteiger partial charge on any atom is -0.394 e. The molecule has 1 heterocycles. The van der Waals surface area contributed by atoms with Gasteiger partial charge in [0.25, 0.3) is 0 Å². The molecule has 0 aromatic carbocycles. The molecule has 8 nitrogen and oxygen atoms in total. The van der Waals surface area contributed by atoms with Gasteiger partial charge in [-0.05, 0) is 12.1 Å². The highest BCUT2D eigenvalue weighted by Gasteiger charge is 2.28. The van der Waals surface area contributed by atoms with Crippen molar-refractivity contribution in [2.45, 2.75) is 10.4 Å². The quantitative estimate of drug-likeness (QED) is 0.481. The fraction of sp³-hybridized carbons (Fsp3) is 0.545. The summed E-state index contributed by atoms with van der Waals surface area (Å²) < 4.78 is 24.8. The van der Waals surface area contributed by atoms with Crippen molar-refractivity contribution in [3.63, 3.8) is 0 Å². The first-order valence-corrected chi connectivity index (χ1v) is 7.25. The number of aliphatic hydroxyl groups is 3. The Balaban J connectivity index is 2.98. The topological polar surface area (TPSA) is 123 Å². The van der Waals surface area contributed by atoms with Crippen LogP contribution in [0.1, 0.15) is 0 Å². The maximum atomic E-state index is 11.8. The van der Waals surface area contributed by atoms with Gasteiger partial charge in [0.2, 0.25) is 10.0 Å². The summed E-state index contributed by atoms with van der Waals surface area (Å²) in [6.45, 7) is -1.50. The molecule has 0 spiro atoms. The molecule has 4 N–H and O–H groups in total. The van der Waals surface area contributed by atoms with Crippen LogP contribution in [-0.2, 0) is 10.0 Å². The fourth-order valence-electron chi connectivity index (χ4n) is 1.36. The number of aromatic nitrogens is 1. The van der Waals surface area contributed by atoms with Crippen LogP contribution in [0.25, 0.3) is 0 Å². The standard InChI is InChI=1S/C11H19N3O5S/c1-14(2)20(18,19)9-3-4-10(12-5-9)13-11(6-15,7-16)8-17/h3-5,15-17H,6-8H2,1-2H3,(H,12,13). The lowest BCUT2D eigenvalue weighted by Crippen LogP contribution is -2.49. The number of hydrogen-bond acceptors (Lipinski definition) is 7. The first-order valence-electron chi connectivity index (χ1n) is 5.80. The molecule has 0 radical (unpaired) electrons. The second kappa shape index (κ2) is 6.46. The third-order valence-corrected chi connectivity index (χ3v) is 4.61. The van der Waals surface area contributed by atoms with Crippen molar-refractivity contribution < 1.29 is 23.7 Å². The molecule has 0 saturated carbocycles. The minimum atomic E-state index is -3.56. The molecule has 1 aromatic heterocycles. The van der Waals surface area contributed by atoms with Crippen LogP contribution in [0.4, 0.5) is 5.82 Å². The molecular weight excluding hydrogens is 286 g/mol. The molecule has 0 unspecified atom stereocenters. The predicted molar refractivity (Wildman–Crippen MR) is 72.7 cm³/mol. The Kier molecular flexibility index (Phi) is 5.42. The Morgan fingerprint density at radius 2 is 1.75 bits per heavy atom. The Morgan fingerprint density at radius 1 is 1.20 bits per heavy atom. The van der Waals surface area contributed by atoms with Gasteiger partial charge in [-0.2, -0.15) is 0 Å². The maximum absolute atomic E-state index is 11.8. The highest BCUT2D eigenvalue weighted by atomic mass is 32.2. The monoisotopic (exact) mass is 305 g/mol. The number of aliphatic hydroxyl groups excluding tert-OH is 3. The summed E-state index contributed by atoms with van der Waals surface area (Å²) in [6.07, 6.45) is 1.16. The van der Waals surface area contributed by atoms with Crippen LogP contribution in [0, 0.1) is 0 Å². The smallest absolute Gasteiger partial charge is 0.244 e. The number of nitrogens with one attached hydrogen (secondary N) is 1. The van der Waals surface area contributed by atoms with E-state index in [0.717, 1.165) is 10.5 Å². The van der Waals surface area contributed by atoms with Crippen LogP contribution < -0.4 is 5.32 Å². The number of pyridine rings is 1. The van der Waals surface area contributed by atoms with Crippen LogP contribution in [0.3, 0.4) is 0 Å². The summed E-state index contributed by atoms with van der Waals surface area (Å²) in [5.74, 6) is 0.236. The highest BCUT2D eigenvalue weighted by molar-refractivity contribution is 7.89. The van der Waals surface area contributed by atoms with Crippen molar-refractivity contribution in [2.24, 2.45) is 0 Å². The molecule has 0 bridgehead atoms. The Morgan fingerprint density at radius 3 is 2.10 bits per heavy atom. The summed E-state index contributed by atoms with van der Waals surface area (Å²) >= 11 is 0. The highest BCUT2D eigenvalue weighted by Crippen LogP contribution is 2.17. The van der Waals surface area contributed by atoms with Gasteiger partial charge in [-0.1, -0.05) is 0 Å². The molecule has 9 heteroatoms. The van der Waals surface area contributed by atoms with Gasteiger partial charge in [-0.15, -0.1) is 0 Å².